The summed E-state index contributed by atoms with van der Waals surface area (Å²) in [6, 6.07) is 4.67. The molecule has 1 aromatic carbocycles. The number of benzene rings is 1. The topological polar surface area (TPSA) is 69.9 Å². The fourth-order valence-corrected chi connectivity index (χ4v) is 2.85. The van der Waals surface area contributed by atoms with Crippen molar-refractivity contribution in [3.8, 4) is 0 Å². The Balaban J connectivity index is 2.12. The number of aliphatic hydroxyl groups excluding tert-OH is 1. The number of likely N-dealkylation sites (tertiary alicyclic amines) is 1. The molecule has 0 radical (unpaired) electrons. The molecular weight excluding hydrogens is 258 g/mol. The Morgan fingerprint density at radius 2 is 2.30 bits per heavy atom. The zero-order valence-corrected chi connectivity index (χ0v) is 12.0. The van der Waals surface area contributed by atoms with Crippen LogP contribution < -0.4 is 4.90 Å². The van der Waals surface area contributed by atoms with Gasteiger partial charge in [0.05, 0.1) is 11.5 Å². The van der Waals surface area contributed by atoms with E-state index < -0.39 is 4.92 Å². The van der Waals surface area contributed by atoms with Gasteiger partial charge in [-0.25, -0.2) is 0 Å². The largest absolute Gasteiger partial charge is 0.392 e. The summed E-state index contributed by atoms with van der Waals surface area (Å²) in [6.07, 6.45) is 1.17. The van der Waals surface area contributed by atoms with Gasteiger partial charge in [0.2, 0.25) is 0 Å². The standard InChI is InChI=1S/C14H21N3O3/c1-15-6-5-11(8-15)9-16(2)14-4-3-13(17(19)20)7-12(14)10-18/h3-4,7,11,18H,5-6,8-10H2,1-2H3. The second-order valence-electron chi connectivity index (χ2n) is 5.53. The zero-order chi connectivity index (χ0) is 14.7. The highest BCUT2D eigenvalue weighted by Gasteiger charge is 2.22. The number of aliphatic hydroxyl groups is 1. The molecule has 1 aliphatic heterocycles. The first-order valence-electron chi connectivity index (χ1n) is 6.79. The first-order chi connectivity index (χ1) is 9.51. The van der Waals surface area contributed by atoms with Crippen LogP contribution in [0.3, 0.4) is 0 Å². The monoisotopic (exact) mass is 279 g/mol. The van der Waals surface area contributed by atoms with Crippen molar-refractivity contribution in [2.75, 3.05) is 38.6 Å². The predicted molar refractivity (Wildman–Crippen MR) is 77.9 cm³/mol. The molecule has 1 fully saturated rings. The molecule has 0 amide bonds. The lowest BCUT2D eigenvalue weighted by molar-refractivity contribution is -0.384. The van der Waals surface area contributed by atoms with Crippen molar-refractivity contribution in [2.45, 2.75) is 13.0 Å². The number of nitro groups is 1. The van der Waals surface area contributed by atoms with E-state index in [1.165, 1.54) is 18.6 Å². The van der Waals surface area contributed by atoms with Crippen LogP contribution in [0.4, 0.5) is 11.4 Å². The van der Waals surface area contributed by atoms with Gasteiger partial charge in [-0.2, -0.15) is 0 Å². The summed E-state index contributed by atoms with van der Waals surface area (Å²) >= 11 is 0. The zero-order valence-electron chi connectivity index (χ0n) is 12.0. The van der Waals surface area contributed by atoms with E-state index in [0.29, 0.717) is 11.5 Å². The summed E-state index contributed by atoms with van der Waals surface area (Å²) in [7, 11) is 4.09. The van der Waals surface area contributed by atoms with E-state index in [-0.39, 0.29) is 12.3 Å². The van der Waals surface area contributed by atoms with Crippen LogP contribution in [-0.2, 0) is 6.61 Å². The highest BCUT2D eigenvalue weighted by atomic mass is 16.6. The van der Waals surface area contributed by atoms with Crippen molar-refractivity contribution in [3.63, 3.8) is 0 Å². The third-order valence-electron chi connectivity index (χ3n) is 3.88. The Morgan fingerprint density at radius 3 is 2.85 bits per heavy atom. The number of hydrogen-bond acceptors (Lipinski definition) is 5. The number of nitrogens with zero attached hydrogens (tertiary/aromatic N) is 3. The lowest BCUT2D eigenvalue weighted by Crippen LogP contribution is -2.28. The van der Waals surface area contributed by atoms with Gasteiger partial charge < -0.3 is 14.9 Å². The summed E-state index contributed by atoms with van der Waals surface area (Å²) in [5, 5.41) is 20.2. The summed E-state index contributed by atoms with van der Waals surface area (Å²) in [5.41, 5.74) is 1.49. The van der Waals surface area contributed by atoms with Crippen molar-refractivity contribution in [1.82, 2.24) is 4.90 Å². The minimum Gasteiger partial charge on any atom is -0.392 e. The molecule has 1 aromatic rings. The molecule has 1 heterocycles. The van der Waals surface area contributed by atoms with Crippen molar-refractivity contribution < 1.29 is 10.0 Å². The first-order valence-corrected chi connectivity index (χ1v) is 6.79. The molecule has 1 saturated heterocycles. The molecule has 0 saturated carbocycles. The van der Waals surface area contributed by atoms with E-state index in [4.69, 9.17) is 0 Å². The molecule has 20 heavy (non-hydrogen) atoms. The predicted octanol–water partition coefficient (Wildman–Crippen LogP) is 1.47. The molecule has 1 atom stereocenters. The Morgan fingerprint density at radius 1 is 1.55 bits per heavy atom. The van der Waals surface area contributed by atoms with E-state index >= 15 is 0 Å². The van der Waals surface area contributed by atoms with Crippen LogP contribution in [0.15, 0.2) is 18.2 Å². The molecule has 1 N–H and O–H groups in total. The lowest BCUT2D eigenvalue weighted by atomic mass is 10.1. The lowest BCUT2D eigenvalue weighted by Gasteiger charge is -2.25. The molecular formula is C14H21N3O3. The van der Waals surface area contributed by atoms with Gasteiger partial charge in [-0.3, -0.25) is 10.1 Å². The Labute approximate surface area is 118 Å². The average molecular weight is 279 g/mol. The minimum atomic E-state index is -0.436. The highest BCUT2D eigenvalue weighted by Crippen LogP contribution is 2.26. The second kappa shape index (κ2) is 6.19. The molecule has 6 nitrogen and oxygen atoms in total. The molecule has 0 aromatic heterocycles. The van der Waals surface area contributed by atoms with Gasteiger partial charge >= 0.3 is 0 Å². The molecule has 6 heteroatoms. The quantitative estimate of drug-likeness (QED) is 0.653. The maximum atomic E-state index is 10.8. The third-order valence-corrected chi connectivity index (χ3v) is 3.88. The first kappa shape index (κ1) is 14.7. The van der Waals surface area contributed by atoms with E-state index in [1.807, 2.05) is 7.05 Å². The number of rotatable bonds is 5. The van der Waals surface area contributed by atoms with Gasteiger partial charge in [-0.05, 0) is 32.0 Å². The smallest absolute Gasteiger partial charge is 0.269 e. The number of non-ortho nitro benzene ring substituents is 1. The van der Waals surface area contributed by atoms with Gasteiger partial charge in [0, 0.05) is 43.5 Å². The van der Waals surface area contributed by atoms with Crippen LogP contribution in [0.5, 0.6) is 0 Å². The van der Waals surface area contributed by atoms with Crippen LogP contribution in [0.2, 0.25) is 0 Å². The van der Waals surface area contributed by atoms with Crippen LogP contribution in [0.1, 0.15) is 12.0 Å². The van der Waals surface area contributed by atoms with Gasteiger partial charge in [-0.15, -0.1) is 0 Å². The Kier molecular flexibility index (Phi) is 4.57. The fraction of sp³-hybridized carbons (Fsp3) is 0.571. The van der Waals surface area contributed by atoms with Gasteiger partial charge in [0.15, 0.2) is 0 Å². The summed E-state index contributed by atoms with van der Waals surface area (Å²) in [6.45, 7) is 2.90. The van der Waals surface area contributed by atoms with E-state index in [9.17, 15) is 15.2 Å². The molecule has 0 bridgehead atoms. The minimum absolute atomic E-state index is 0.0202. The van der Waals surface area contributed by atoms with Crippen LogP contribution in [0.25, 0.3) is 0 Å². The van der Waals surface area contributed by atoms with E-state index in [0.717, 1.165) is 25.3 Å². The maximum absolute atomic E-state index is 10.8. The van der Waals surface area contributed by atoms with Crippen molar-refractivity contribution in [3.05, 3.63) is 33.9 Å². The van der Waals surface area contributed by atoms with Crippen LogP contribution >= 0.6 is 0 Å². The highest BCUT2D eigenvalue weighted by molar-refractivity contribution is 5.57. The SMILES string of the molecule is CN1CCC(CN(C)c2ccc([N+](=O)[O-])cc2CO)C1. The van der Waals surface area contributed by atoms with Gasteiger partial charge in [-0.1, -0.05) is 0 Å². The van der Waals surface area contributed by atoms with Crippen molar-refractivity contribution >= 4 is 11.4 Å². The normalized spacial score (nSPS) is 19.2. The van der Waals surface area contributed by atoms with E-state index in [2.05, 4.69) is 16.8 Å². The molecule has 110 valence electrons. The van der Waals surface area contributed by atoms with Crippen LogP contribution in [0, 0.1) is 16.0 Å². The summed E-state index contributed by atoms with van der Waals surface area (Å²) < 4.78 is 0. The number of anilines is 1. The average Bonchev–Trinajstić information content (AvgIpc) is 2.83. The van der Waals surface area contributed by atoms with Gasteiger partial charge in [0.25, 0.3) is 5.69 Å². The van der Waals surface area contributed by atoms with Crippen molar-refractivity contribution in [1.29, 1.82) is 0 Å². The molecule has 2 rings (SSSR count). The van der Waals surface area contributed by atoms with Crippen LogP contribution in [-0.4, -0.2) is 48.7 Å². The summed E-state index contributed by atoms with van der Waals surface area (Å²) in [4.78, 5) is 14.7. The van der Waals surface area contributed by atoms with E-state index in [1.54, 1.807) is 6.07 Å². The number of nitro benzene ring substituents is 1. The Hall–Kier alpha value is -1.66. The number of hydrogen-bond donors (Lipinski definition) is 1. The third kappa shape index (κ3) is 3.26. The molecule has 0 aliphatic carbocycles. The Bertz CT molecular complexity index is 493. The molecule has 1 aliphatic rings. The molecule has 1 unspecified atom stereocenters. The molecule has 0 spiro atoms. The second-order valence-corrected chi connectivity index (χ2v) is 5.53. The van der Waals surface area contributed by atoms with Gasteiger partial charge in [0.1, 0.15) is 0 Å². The van der Waals surface area contributed by atoms with Crippen molar-refractivity contribution in [2.24, 2.45) is 5.92 Å². The summed E-state index contributed by atoms with van der Waals surface area (Å²) in [5.74, 6) is 0.603. The fourth-order valence-electron chi connectivity index (χ4n) is 2.85. The maximum Gasteiger partial charge on any atom is 0.269 e.